The van der Waals surface area contributed by atoms with E-state index in [4.69, 9.17) is 0 Å². The molecule has 0 nitrogen and oxygen atoms in total. The molecule has 0 amide bonds. The van der Waals surface area contributed by atoms with Crippen molar-refractivity contribution in [2.45, 2.75) is 46.5 Å². The van der Waals surface area contributed by atoms with Crippen molar-refractivity contribution >= 4 is 0 Å². The van der Waals surface area contributed by atoms with Crippen LogP contribution >= 0.6 is 0 Å². The SMILES string of the molecule is CC1CCC(C(C)C)CC1.[Cu].[H-].[Li+]. The van der Waals surface area contributed by atoms with Gasteiger partial charge < -0.3 is 1.43 Å². The summed E-state index contributed by atoms with van der Waals surface area (Å²) in [5, 5.41) is 0. The van der Waals surface area contributed by atoms with Gasteiger partial charge in [-0.15, -0.1) is 0 Å². The molecule has 1 fully saturated rings. The minimum absolute atomic E-state index is 0. The second-order valence-corrected chi connectivity index (χ2v) is 4.26. The van der Waals surface area contributed by atoms with E-state index in [2.05, 4.69) is 20.8 Å². The van der Waals surface area contributed by atoms with Gasteiger partial charge in [-0.3, -0.25) is 0 Å². The Morgan fingerprint density at radius 2 is 1.50 bits per heavy atom. The zero-order chi connectivity index (χ0) is 7.56. The first-order valence-electron chi connectivity index (χ1n) is 4.70. The van der Waals surface area contributed by atoms with Crippen LogP contribution in [0.1, 0.15) is 47.9 Å². The van der Waals surface area contributed by atoms with E-state index in [1.54, 1.807) is 0 Å². The molecule has 0 atom stereocenters. The summed E-state index contributed by atoms with van der Waals surface area (Å²) in [6, 6.07) is 0. The van der Waals surface area contributed by atoms with Crippen molar-refractivity contribution in [3.63, 3.8) is 0 Å². The molecule has 0 spiro atoms. The normalized spacial score (nSPS) is 29.0. The fourth-order valence-corrected chi connectivity index (χ4v) is 1.95. The molecule has 0 bridgehead atoms. The molecule has 0 saturated heterocycles. The van der Waals surface area contributed by atoms with Crippen molar-refractivity contribution in [2.75, 3.05) is 0 Å². The van der Waals surface area contributed by atoms with Crippen LogP contribution in [-0.2, 0) is 17.1 Å². The van der Waals surface area contributed by atoms with Gasteiger partial charge in [-0.25, -0.2) is 0 Å². The maximum Gasteiger partial charge on any atom is 1.00 e. The predicted molar refractivity (Wildman–Crippen MR) is 47.1 cm³/mol. The largest absolute Gasteiger partial charge is 1.00 e. The summed E-state index contributed by atoms with van der Waals surface area (Å²) in [6.07, 6.45) is 5.92. The predicted octanol–water partition coefficient (Wildman–Crippen LogP) is 0.583. The molecule has 0 aromatic heterocycles. The van der Waals surface area contributed by atoms with E-state index in [1.165, 1.54) is 25.7 Å². The van der Waals surface area contributed by atoms with Crippen molar-refractivity contribution in [2.24, 2.45) is 17.8 Å². The molecule has 1 aliphatic carbocycles. The zero-order valence-corrected chi connectivity index (χ0v) is 9.80. The second kappa shape index (κ2) is 7.51. The monoisotopic (exact) mass is 211 g/mol. The summed E-state index contributed by atoms with van der Waals surface area (Å²) in [5.41, 5.74) is 0. The Morgan fingerprint density at radius 3 is 1.83 bits per heavy atom. The van der Waals surface area contributed by atoms with Gasteiger partial charge in [0.25, 0.3) is 0 Å². The van der Waals surface area contributed by atoms with Crippen LogP contribution in [0.15, 0.2) is 0 Å². The fraction of sp³-hybridized carbons (Fsp3) is 1.00. The van der Waals surface area contributed by atoms with Gasteiger partial charge in [0.15, 0.2) is 0 Å². The van der Waals surface area contributed by atoms with Gasteiger partial charge in [0, 0.05) is 17.1 Å². The molecular formula is C10H21CuLi. The van der Waals surface area contributed by atoms with Crippen LogP contribution in [0, 0.1) is 17.8 Å². The molecular weight excluding hydrogens is 191 g/mol. The van der Waals surface area contributed by atoms with Crippen molar-refractivity contribution in [1.82, 2.24) is 0 Å². The molecule has 0 aromatic carbocycles. The molecule has 2 heteroatoms. The molecule has 0 unspecified atom stereocenters. The summed E-state index contributed by atoms with van der Waals surface area (Å²) in [4.78, 5) is 0. The summed E-state index contributed by atoms with van der Waals surface area (Å²) >= 11 is 0. The third-order valence-electron chi connectivity index (χ3n) is 3.00. The van der Waals surface area contributed by atoms with Gasteiger partial charge in [-0.05, 0) is 30.6 Å². The molecule has 1 saturated carbocycles. The second-order valence-electron chi connectivity index (χ2n) is 4.26. The average Bonchev–Trinajstić information content (AvgIpc) is 1.88. The van der Waals surface area contributed by atoms with E-state index in [-0.39, 0.29) is 37.4 Å². The maximum absolute atomic E-state index is 2.39. The molecule has 1 aliphatic rings. The summed E-state index contributed by atoms with van der Waals surface area (Å²) in [5.74, 6) is 2.97. The van der Waals surface area contributed by atoms with Crippen LogP contribution in [0.25, 0.3) is 0 Å². The van der Waals surface area contributed by atoms with Gasteiger partial charge >= 0.3 is 18.9 Å². The Labute approximate surface area is 101 Å². The Morgan fingerprint density at radius 1 is 1.08 bits per heavy atom. The summed E-state index contributed by atoms with van der Waals surface area (Å²) < 4.78 is 0. The molecule has 0 N–H and O–H groups in total. The van der Waals surface area contributed by atoms with Crippen molar-refractivity contribution in [3.05, 3.63) is 0 Å². The fourth-order valence-electron chi connectivity index (χ4n) is 1.95. The van der Waals surface area contributed by atoms with Crippen molar-refractivity contribution in [1.29, 1.82) is 0 Å². The summed E-state index contributed by atoms with van der Waals surface area (Å²) in [7, 11) is 0. The first-order chi connectivity index (χ1) is 4.70. The molecule has 1 radical (unpaired) electrons. The Kier molecular flexibility index (Phi) is 9.76. The van der Waals surface area contributed by atoms with E-state index < -0.39 is 0 Å². The topological polar surface area (TPSA) is 0 Å². The molecule has 0 heterocycles. The Bertz CT molecular complexity index is 101. The smallest absolute Gasteiger partial charge is 1.00 e. The van der Waals surface area contributed by atoms with E-state index in [1.807, 2.05) is 0 Å². The van der Waals surface area contributed by atoms with Gasteiger partial charge in [0.2, 0.25) is 0 Å². The number of rotatable bonds is 1. The molecule has 0 aromatic rings. The third kappa shape index (κ3) is 4.98. The van der Waals surface area contributed by atoms with Crippen molar-refractivity contribution in [3.8, 4) is 0 Å². The molecule has 1 rings (SSSR count). The van der Waals surface area contributed by atoms with Gasteiger partial charge in [0.05, 0.1) is 0 Å². The molecule has 73 valence electrons. The van der Waals surface area contributed by atoms with Crippen molar-refractivity contribution < 1.29 is 37.4 Å². The van der Waals surface area contributed by atoms with E-state index in [9.17, 15) is 0 Å². The van der Waals surface area contributed by atoms with Gasteiger partial charge in [-0.2, -0.15) is 0 Å². The Hall–Kier alpha value is 1.12. The van der Waals surface area contributed by atoms with Gasteiger partial charge in [-0.1, -0.05) is 33.6 Å². The average molecular weight is 212 g/mol. The zero-order valence-electron chi connectivity index (χ0n) is 9.86. The van der Waals surface area contributed by atoms with Crippen LogP contribution in [0.2, 0.25) is 0 Å². The quantitative estimate of drug-likeness (QED) is 0.557. The van der Waals surface area contributed by atoms with Gasteiger partial charge in [0.1, 0.15) is 0 Å². The standard InChI is InChI=1S/C10H20.Cu.Li.H/c1-8(2)10-6-4-9(3)5-7-10;;;/h8-10H,4-7H2,1-3H3;;;/q;;+1;-1. The molecule has 0 aliphatic heterocycles. The van der Waals surface area contributed by atoms with Crippen LogP contribution < -0.4 is 18.9 Å². The first kappa shape index (κ1) is 15.6. The Balaban J connectivity index is -0.000000333. The minimum atomic E-state index is 0. The number of hydrogen-bond donors (Lipinski definition) is 0. The van der Waals surface area contributed by atoms with E-state index in [0.29, 0.717) is 0 Å². The van der Waals surface area contributed by atoms with Crippen LogP contribution in [0.4, 0.5) is 0 Å². The third-order valence-corrected chi connectivity index (χ3v) is 3.00. The van der Waals surface area contributed by atoms with Crippen LogP contribution in [0.3, 0.4) is 0 Å². The van der Waals surface area contributed by atoms with Crippen LogP contribution in [-0.4, -0.2) is 0 Å². The number of hydrogen-bond acceptors (Lipinski definition) is 0. The van der Waals surface area contributed by atoms with E-state index in [0.717, 1.165) is 17.8 Å². The minimum Gasteiger partial charge on any atom is -1.00 e. The molecule has 12 heavy (non-hydrogen) atoms. The maximum atomic E-state index is 2.39. The first-order valence-corrected chi connectivity index (χ1v) is 4.70. The summed E-state index contributed by atoms with van der Waals surface area (Å²) in [6.45, 7) is 7.11. The van der Waals surface area contributed by atoms with Crippen LogP contribution in [0.5, 0.6) is 0 Å². The van der Waals surface area contributed by atoms with E-state index >= 15 is 0 Å².